The number of hydrogen-bond acceptors (Lipinski definition) is 0. The molecule has 0 aliphatic rings. The van der Waals surface area contributed by atoms with Crippen LogP contribution in [0.3, 0.4) is 0 Å². The fraction of sp³-hybridized carbons (Fsp3) is 0.143. The molecule has 0 spiro atoms. The van der Waals surface area contributed by atoms with Crippen molar-refractivity contribution in [2.45, 2.75) is 20.8 Å². The van der Waals surface area contributed by atoms with Gasteiger partial charge in [-0.05, 0) is 20.8 Å². The van der Waals surface area contributed by atoms with Crippen LogP contribution in [0.15, 0.2) is 0 Å². The van der Waals surface area contributed by atoms with E-state index in [2.05, 4.69) is 0 Å². The van der Waals surface area contributed by atoms with E-state index in [9.17, 15) is 52.7 Å². The van der Waals surface area contributed by atoms with Gasteiger partial charge in [-0.1, -0.05) is 0 Å². The Morgan fingerprint density at radius 2 is 0.500 bits per heavy atom. The van der Waals surface area contributed by atoms with Crippen LogP contribution in [-0.2, 0) is 0 Å². The molecule has 0 unspecified atom stereocenters. The van der Waals surface area contributed by atoms with E-state index in [0.29, 0.717) is 20.8 Å². The minimum atomic E-state index is -3.39. The van der Waals surface area contributed by atoms with Crippen LogP contribution in [0.4, 0.5) is 52.7 Å². The second-order valence-electron chi connectivity index (χ2n) is 7.32. The first kappa shape index (κ1) is 25.5. The minimum Gasteiger partial charge on any atom is -0.207 e. The lowest BCUT2D eigenvalue weighted by Crippen LogP contribution is -2.60. The molecule has 0 aliphatic heterocycles. The molecule has 180 valence electrons. The fourth-order valence-corrected chi connectivity index (χ4v) is 3.48. The second-order valence-corrected chi connectivity index (χ2v) is 7.32. The summed E-state index contributed by atoms with van der Waals surface area (Å²) in [5, 5.41) is 0. The van der Waals surface area contributed by atoms with E-state index in [0.717, 1.165) is 0 Å². The van der Waals surface area contributed by atoms with Gasteiger partial charge in [0.05, 0.1) is 0 Å². The molecule has 13 heteroatoms. The fourth-order valence-electron chi connectivity index (χ4n) is 3.48. The number of rotatable bonds is 3. The number of hydrogen-bond donors (Lipinski definition) is 0. The summed E-state index contributed by atoms with van der Waals surface area (Å²) < 4.78 is 174. The Kier molecular flexibility index (Phi) is 6.44. The molecule has 34 heavy (non-hydrogen) atoms. The molecule has 0 saturated carbocycles. The summed E-state index contributed by atoms with van der Waals surface area (Å²) in [7, 11) is 0. The van der Waals surface area contributed by atoms with E-state index in [1.807, 2.05) is 0 Å². The van der Waals surface area contributed by atoms with Gasteiger partial charge in [-0.2, -0.15) is 0 Å². The molecule has 0 heterocycles. The SMILES string of the molecule is Cc1c(F)c(F)c(B(c2c(F)c(C)c(F)c(F)c2F)c2c(F)c(F)c(C)c(F)c2F)c(F)c1F. The molecule has 0 N–H and O–H groups in total. The number of halogens is 12. The summed E-state index contributed by atoms with van der Waals surface area (Å²) in [6, 6.07) is 0. The van der Waals surface area contributed by atoms with Gasteiger partial charge >= 0.3 is 0 Å². The molecule has 0 bridgehead atoms. The molecule has 0 atom stereocenters. The first-order valence-electron chi connectivity index (χ1n) is 9.13. The molecule has 3 aromatic rings. The smallest absolute Gasteiger partial charge is 0.207 e. The second kappa shape index (κ2) is 8.59. The largest absolute Gasteiger partial charge is 0.264 e. The zero-order valence-corrected chi connectivity index (χ0v) is 17.1. The maximum Gasteiger partial charge on any atom is 0.264 e. The van der Waals surface area contributed by atoms with Crippen LogP contribution < -0.4 is 16.4 Å². The molecular weight excluding hydrogens is 491 g/mol. The van der Waals surface area contributed by atoms with Gasteiger partial charge in [-0.3, -0.25) is 0 Å². The predicted molar refractivity (Wildman–Crippen MR) is 97.7 cm³/mol. The first-order valence-corrected chi connectivity index (χ1v) is 9.13. The van der Waals surface area contributed by atoms with Crippen molar-refractivity contribution in [3.05, 3.63) is 86.5 Å². The lowest BCUT2D eigenvalue weighted by atomic mass is 9.35. The van der Waals surface area contributed by atoms with E-state index in [1.54, 1.807) is 0 Å². The Hall–Kier alpha value is -3.12. The third-order valence-electron chi connectivity index (χ3n) is 5.42. The molecule has 0 aromatic heterocycles. The van der Waals surface area contributed by atoms with E-state index >= 15 is 0 Å². The van der Waals surface area contributed by atoms with Gasteiger partial charge in [0.25, 0.3) is 6.71 Å². The van der Waals surface area contributed by atoms with Gasteiger partial charge in [0.1, 0.15) is 5.82 Å². The Morgan fingerprint density at radius 3 is 0.824 bits per heavy atom. The van der Waals surface area contributed by atoms with Gasteiger partial charge in [0.15, 0.2) is 64.0 Å². The summed E-state index contributed by atoms with van der Waals surface area (Å²) in [5.74, 6) is -28.0. The van der Waals surface area contributed by atoms with Gasteiger partial charge in [0, 0.05) is 33.1 Å². The number of benzene rings is 3. The summed E-state index contributed by atoms with van der Waals surface area (Å²) in [5.41, 5.74) is -10.3. The predicted octanol–water partition coefficient (Wildman–Crippen LogP) is 4.80. The zero-order valence-electron chi connectivity index (χ0n) is 17.1. The van der Waals surface area contributed by atoms with Crippen LogP contribution in [0.25, 0.3) is 0 Å². The third-order valence-corrected chi connectivity index (χ3v) is 5.42. The van der Waals surface area contributed by atoms with Crippen LogP contribution in [0.5, 0.6) is 0 Å². The highest BCUT2D eigenvalue weighted by Gasteiger charge is 2.43. The Labute approximate surface area is 183 Å². The molecule has 3 rings (SSSR count). The average molecular weight is 500 g/mol. The summed E-state index contributed by atoms with van der Waals surface area (Å²) in [6.45, 7) is -1.83. The Balaban J connectivity index is 2.68. The summed E-state index contributed by atoms with van der Waals surface area (Å²) in [6.07, 6.45) is 0. The molecule has 0 amide bonds. The molecule has 0 nitrogen and oxygen atoms in total. The minimum absolute atomic E-state index is 0.486. The van der Waals surface area contributed by atoms with Gasteiger partial charge in [0.2, 0.25) is 0 Å². The van der Waals surface area contributed by atoms with Crippen LogP contribution in [-0.4, -0.2) is 6.71 Å². The quantitative estimate of drug-likeness (QED) is 0.210. The van der Waals surface area contributed by atoms with Crippen molar-refractivity contribution in [3.63, 3.8) is 0 Å². The normalized spacial score (nSPS) is 11.4. The highest BCUT2D eigenvalue weighted by molar-refractivity contribution is 6.95. The van der Waals surface area contributed by atoms with Crippen molar-refractivity contribution >= 4 is 23.1 Å². The average Bonchev–Trinajstić information content (AvgIpc) is 2.81. The van der Waals surface area contributed by atoms with E-state index < -0.39 is 110 Å². The van der Waals surface area contributed by atoms with Crippen molar-refractivity contribution in [2.24, 2.45) is 0 Å². The third kappa shape index (κ3) is 3.43. The van der Waals surface area contributed by atoms with Crippen LogP contribution in [0, 0.1) is 90.6 Å². The van der Waals surface area contributed by atoms with Crippen molar-refractivity contribution < 1.29 is 52.7 Å². The van der Waals surface area contributed by atoms with Gasteiger partial charge in [-0.15, -0.1) is 0 Å². The molecule has 0 saturated heterocycles. The van der Waals surface area contributed by atoms with E-state index in [4.69, 9.17) is 0 Å². The highest BCUT2D eigenvalue weighted by atomic mass is 19.2. The van der Waals surface area contributed by atoms with Crippen LogP contribution in [0.1, 0.15) is 16.7 Å². The Morgan fingerprint density at radius 1 is 0.294 bits per heavy atom. The monoisotopic (exact) mass is 500 g/mol. The summed E-state index contributed by atoms with van der Waals surface area (Å²) >= 11 is 0. The van der Waals surface area contributed by atoms with Gasteiger partial charge < -0.3 is 0 Å². The van der Waals surface area contributed by atoms with Crippen molar-refractivity contribution in [1.82, 2.24) is 0 Å². The molecular formula is C21H9BF12. The lowest BCUT2D eigenvalue weighted by Gasteiger charge is -2.22. The molecule has 0 radical (unpaired) electrons. The van der Waals surface area contributed by atoms with E-state index in [1.165, 1.54) is 0 Å². The van der Waals surface area contributed by atoms with E-state index in [-0.39, 0.29) is 0 Å². The topological polar surface area (TPSA) is 0 Å². The summed E-state index contributed by atoms with van der Waals surface area (Å²) in [4.78, 5) is 0. The highest BCUT2D eigenvalue weighted by Crippen LogP contribution is 2.24. The van der Waals surface area contributed by atoms with Gasteiger partial charge in [-0.25, -0.2) is 52.7 Å². The Bertz CT molecular complexity index is 1110. The lowest BCUT2D eigenvalue weighted by molar-refractivity contribution is 0.434. The van der Waals surface area contributed by atoms with Crippen molar-refractivity contribution in [3.8, 4) is 0 Å². The standard InChI is InChI=1S/C21H9BF12/c1-4-10(23)7(20(33)21(34)15(4)28)22(8-16(29)11(24)5(2)12(25)17(8)30)9-18(31)13(26)6(3)14(27)19(9)32/h1-3H3. The maximum absolute atomic E-state index is 14.9. The molecule has 0 fully saturated rings. The molecule has 0 aliphatic carbocycles. The van der Waals surface area contributed by atoms with Crippen molar-refractivity contribution in [2.75, 3.05) is 0 Å². The zero-order chi connectivity index (χ0) is 26.0. The maximum atomic E-state index is 14.9. The van der Waals surface area contributed by atoms with Crippen molar-refractivity contribution in [1.29, 1.82) is 0 Å². The molecule has 3 aromatic carbocycles. The van der Waals surface area contributed by atoms with Crippen LogP contribution in [0.2, 0.25) is 0 Å². The first-order chi connectivity index (χ1) is 15.7. The van der Waals surface area contributed by atoms with Crippen LogP contribution >= 0.6 is 0 Å².